The Morgan fingerprint density at radius 1 is 1.30 bits per heavy atom. The highest BCUT2D eigenvalue weighted by Crippen LogP contribution is 2.36. The Hall–Kier alpha value is -2.24. The summed E-state index contributed by atoms with van der Waals surface area (Å²) in [6.07, 6.45) is 4.69. The summed E-state index contributed by atoms with van der Waals surface area (Å²) in [6, 6.07) is 8.94. The van der Waals surface area contributed by atoms with Crippen LogP contribution in [0, 0.1) is 4.91 Å². The second-order valence-corrected chi connectivity index (χ2v) is 4.77. The minimum absolute atomic E-state index is 0.228. The van der Waals surface area contributed by atoms with Crippen molar-refractivity contribution in [2.45, 2.75) is 6.17 Å². The lowest BCUT2D eigenvalue weighted by Gasteiger charge is -2.17. The molecule has 3 aromatic rings. The number of aromatic nitrogens is 2. The molecule has 1 unspecified atom stereocenters. The molecule has 0 bridgehead atoms. The van der Waals surface area contributed by atoms with E-state index in [-0.39, 0.29) is 5.69 Å². The Kier molecular flexibility index (Phi) is 3.22. The molecule has 0 aliphatic rings. The Balaban J connectivity index is 2.28. The van der Waals surface area contributed by atoms with E-state index < -0.39 is 6.17 Å². The molecule has 100 valence electrons. The van der Waals surface area contributed by atoms with Crippen LogP contribution in [0.2, 0.25) is 5.02 Å². The number of hydrogen-bond acceptors (Lipinski definition) is 4. The van der Waals surface area contributed by atoms with Crippen LogP contribution in [0.4, 0.5) is 5.69 Å². The first kappa shape index (κ1) is 12.8. The number of benzene rings is 1. The molecule has 20 heavy (non-hydrogen) atoms. The van der Waals surface area contributed by atoms with Crippen LogP contribution >= 0.6 is 11.6 Å². The Morgan fingerprint density at radius 2 is 2.05 bits per heavy atom. The average Bonchev–Trinajstić information content (AvgIpc) is 3.01. The zero-order chi connectivity index (χ0) is 14.1. The quantitative estimate of drug-likeness (QED) is 0.748. The van der Waals surface area contributed by atoms with E-state index in [2.05, 4.69) is 10.2 Å². The molecular weight excluding hydrogens is 276 g/mol. The van der Waals surface area contributed by atoms with E-state index in [1.54, 1.807) is 29.0 Å². The molecular formula is C14H11ClN4O. The van der Waals surface area contributed by atoms with Crippen LogP contribution in [0.3, 0.4) is 0 Å². The lowest BCUT2D eigenvalue weighted by Crippen LogP contribution is -2.18. The highest BCUT2D eigenvalue weighted by atomic mass is 35.5. The summed E-state index contributed by atoms with van der Waals surface area (Å²) in [6.45, 7) is 0. The van der Waals surface area contributed by atoms with Gasteiger partial charge in [-0.1, -0.05) is 11.6 Å². The molecule has 2 heterocycles. The molecule has 0 fully saturated rings. The molecule has 0 saturated carbocycles. The van der Waals surface area contributed by atoms with Gasteiger partial charge < -0.3 is 10.3 Å². The van der Waals surface area contributed by atoms with Gasteiger partial charge in [0.15, 0.2) is 0 Å². The number of fused-ring (bicyclic) bond motifs is 1. The maximum Gasteiger partial charge on any atom is 0.140 e. The lowest BCUT2D eigenvalue weighted by atomic mass is 10.1. The van der Waals surface area contributed by atoms with Gasteiger partial charge in [0.25, 0.3) is 0 Å². The first-order chi connectivity index (χ1) is 9.72. The van der Waals surface area contributed by atoms with E-state index in [4.69, 9.17) is 17.3 Å². The van der Waals surface area contributed by atoms with Gasteiger partial charge in [0.05, 0.1) is 5.02 Å². The van der Waals surface area contributed by atoms with E-state index in [9.17, 15) is 4.91 Å². The van der Waals surface area contributed by atoms with Gasteiger partial charge in [0.1, 0.15) is 17.4 Å². The topological polar surface area (TPSA) is 73.3 Å². The second kappa shape index (κ2) is 5.03. The number of pyridine rings is 1. The van der Waals surface area contributed by atoms with Gasteiger partial charge in [-0.2, -0.15) is 0 Å². The number of rotatable bonds is 3. The minimum Gasteiger partial charge on any atom is -0.334 e. The van der Waals surface area contributed by atoms with Gasteiger partial charge in [-0.05, 0) is 35.5 Å². The first-order valence-corrected chi connectivity index (χ1v) is 6.38. The second-order valence-electron chi connectivity index (χ2n) is 4.36. The fourth-order valence-electron chi connectivity index (χ4n) is 2.22. The molecule has 1 aromatic carbocycles. The van der Waals surface area contributed by atoms with E-state index in [1.807, 2.05) is 24.5 Å². The molecule has 0 aliphatic carbocycles. The standard InChI is InChI=1S/C14H11ClN4O/c15-11-8-10(14(16)19-6-1-2-7-19)13(18-20)12-9(11)4-3-5-17-12/h1-8,14H,16H2. The predicted octanol–water partition coefficient (Wildman–Crippen LogP) is 3.59. The zero-order valence-corrected chi connectivity index (χ0v) is 11.2. The lowest BCUT2D eigenvalue weighted by molar-refractivity contribution is 0.615. The third-order valence-corrected chi connectivity index (χ3v) is 3.52. The molecule has 3 rings (SSSR count). The molecule has 0 amide bonds. The van der Waals surface area contributed by atoms with Gasteiger partial charge in [0.2, 0.25) is 0 Å². The van der Waals surface area contributed by atoms with E-state index in [0.29, 0.717) is 21.5 Å². The molecule has 6 heteroatoms. The summed E-state index contributed by atoms with van der Waals surface area (Å²) < 4.78 is 1.77. The van der Waals surface area contributed by atoms with Crippen molar-refractivity contribution in [1.82, 2.24) is 9.55 Å². The summed E-state index contributed by atoms with van der Waals surface area (Å²) in [5, 5.41) is 4.29. The largest absolute Gasteiger partial charge is 0.334 e. The molecule has 5 nitrogen and oxygen atoms in total. The van der Waals surface area contributed by atoms with Crippen LogP contribution in [-0.4, -0.2) is 9.55 Å². The van der Waals surface area contributed by atoms with Crippen molar-refractivity contribution in [3.05, 3.63) is 64.4 Å². The van der Waals surface area contributed by atoms with Crippen molar-refractivity contribution in [2.24, 2.45) is 10.9 Å². The van der Waals surface area contributed by atoms with Gasteiger partial charge >= 0.3 is 0 Å². The number of nitroso groups, excluding NO2 is 1. The van der Waals surface area contributed by atoms with Gasteiger partial charge in [-0.3, -0.25) is 4.98 Å². The minimum atomic E-state index is -0.540. The fourth-order valence-corrected chi connectivity index (χ4v) is 2.49. The zero-order valence-electron chi connectivity index (χ0n) is 10.4. The molecule has 0 radical (unpaired) electrons. The summed E-state index contributed by atoms with van der Waals surface area (Å²) >= 11 is 6.25. The summed E-state index contributed by atoms with van der Waals surface area (Å²) in [4.78, 5) is 15.4. The van der Waals surface area contributed by atoms with E-state index in [1.165, 1.54) is 0 Å². The molecule has 1 atom stereocenters. The number of hydrogen-bond donors (Lipinski definition) is 1. The van der Waals surface area contributed by atoms with Crippen LogP contribution in [-0.2, 0) is 0 Å². The highest BCUT2D eigenvalue weighted by molar-refractivity contribution is 6.36. The number of nitrogens with zero attached hydrogens (tertiary/aromatic N) is 3. The molecule has 0 spiro atoms. The third kappa shape index (κ3) is 1.97. The molecule has 2 aromatic heterocycles. The highest BCUT2D eigenvalue weighted by Gasteiger charge is 2.18. The smallest absolute Gasteiger partial charge is 0.140 e. The van der Waals surface area contributed by atoms with Crippen molar-refractivity contribution in [2.75, 3.05) is 0 Å². The summed E-state index contributed by atoms with van der Waals surface area (Å²) in [7, 11) is 0. The Bertz CT molecular complexity index is 770. The fraction of sp³-hybridized carbons (Fsp3) is 0.0714. The average molecular weight is 287 g/mol. The van der Waals surface area contributed by atoms with Crippen LogP contribution < -0.4 is 5.73 Å². The maximum absolute atomic E-state index is 11.2. The first-order valence-electron chi connectivity index (χ1n) is 6.01. The van der Waals surface area contributed by atoms with Gasteiger partial charge in [-0.25, -0.2) is 0 Å². The van der Waals surface area contributed by atoms with Gasteiger partial charge in [0, 0.05) is 29.5 Å². The maximum atomic E-state index is 11.2. The van der Waals surface area contributed by atoms with Crippen molar-refractivity contribution >= 4 is 28.2 Å². The number of nitrogens with two attached hydrogens (primary N) is 1. The molecule has 2 N–H and O–H groups in total. The summed E-state index contributed by atoms with van der Waals surface area (Å²) in [5.41, 5.74) is 7.42. The molecule has 0 saturated heterocycles. The van der Waals surface area contributed by atoms with Crippen molar-refractivity contribution in [3.8, 4) is 0 Å². The van der Waals surface area contributed by atoms with Crippen LogP contribution in [0.5, 0.6) is 0 Å². The van der Waals surface area contributed by atoms with Crippen molar-refractivity contribution in [1.29, 1.82) is 0 Å². The van der Waals surface area contributed by atoms with E-state index in [0.717, 1.165) is 0 Å². The van der Waals surface area contributed by atoms with Crippen LogP contribution in [0.15, 0.2) is 54.1 Å². The third-order valence-electron chi connectivity index (χ3n) is 3.20. The predicted molar refractivity (Wildman–Crippen MR) is 79.0 cm³/mol. The summed E-state index contributed by atoms with van der Waals surface area (Å²) in [5.74, 6) is 0. The van der Waals surface area contributed by atoms with Crippen LogP contribution in [0.1, 0.15) is 11.7 Å². The molecule has 0 aliphatic heterocycles. The van der Waals surface area contributed by atoms with Gasteiger partial charge in [-0.15, -0.1) is 4.91 Å². The van der Waals surface area contributed by atoms with E-state index >= 15 is 0 Å². The van der Waals surface area contributed by atoms with Crippen molar-refractivity contribution in [3.63, 3.8) is 0 Å². The number of halogens is 1. The van der Waals surface area contributed by atoms with Crippen molar-refractivity contribution < 1.29 is 0 Å². The monoisotopic (exact) mass is 286 g/mol. The SMILES string of the molecule is NC(c1cc(Cl)c2cccnc2c1N=O)n1cccc1. The normalized spacial score (nSPS) is 12.5. The van der Waals surface area contributed by atoms with Crippen LogP contribution in [0.25, 0.3) is 10.9 Å². The Morgan fingerprint density at radius 3 is 2.75 bits per heavy atom. The Labute approximate surface area is 120 Å².